The van der Waals surface area contributed by atoms with Gasteiger partial charge in [-0.25, -0.2) is 9.97 Å². The van der Waals surface area contributed by atoms with Crippen LogP contribution in [0, 0.1) is 6.92 Å². The van der Waals surface area contributed by atoms with Crippen molar-refractivity contribution in [2.24, 2.45) is 0 Å². The molecule has 1 atom stereocenters. The zero-order chi connectivity index (χ0) is 22.2. The van der Waals surface area contributed by atoms with Gasteiger partial charge in [0.2, 0.25) is 5.91 Å². The van der Waals surface area contributed by atoms with Crippen LogP contribution in [0.5, 0.6) is 0 Å². The van der Waals surface area contributed by atoms with E-state index in [0.29, 0.717) is 26.1 Å². The van der Waals surface area contributed by atoms with Crippen LogP contribution in [0.15, 0.2) is 30.3 Å². The van der Waals surface area contributed by atoms with Gasteiger partial charge in [-0.05, 0) is 39.2 Å². The second-order valence-corrected chi connectivity index (χ2v) is 8.92. The van der Waals surface area contributed by atoms with E-state index in [1.807, 2.05) is 42.2 Å². The smallest absolute Gasteiger partial charge is 0.254 e. The number of benzene rings is 1. The average molecular weight is 423 g/mol. The minimum Gasteiger partial charge on any atom is -0.369 e. The summed E-state index contributed by atoms with van der Waals surface area (Å²) in [6, 6.07) is 9.95. The summed E-state index contributed by atoms with van der Waals surface area (Å²) in [5.41, 5.74) is 1.98. The fourth-order valence-electron chi connectivity index (χ4n) is 4.35. The number of ether oxygens (including phenoxy) is 1. The number of carbonyl (C=O) groups excluding carboxylic acids is 2. The summed E-state index contributed by atoms with van der Waals surface area (Å²) < 4.78 is 5.39. The molecule has 31 heavy (non-hydrogen) atoms. The minimum absolute atomic E-state index is 0.0153. The van der Waals surface area contributed by atoms with Crippen LogP contribution in [0.25, 0.3) is 0 Å². The van der Waals surface area contributed by atoms with Crippen LogP contribution in [0.4, 0.5) is 5.82 Å². The van der Waals surface area contributed by atoms with Crippen molar-refractivity contribution in [3.8, 4) is 0 Å². The maximum absolute atomic E-state index is 12.9. The van der Waals surface area contributed by atoms with Crippen LogP contribution in [0.2, 0.25) is 0 Å². The van der Waals surface area contributed by atoms with E-state index >= 15 is 0 Å². The predicted octanol–water partition coefficient (Wildman–Crippen LogP) is 3.01. The average Bonchev–Trinajstić information content (AvgIpc) is 3.10. The molecule has 0 bridgehead atoms. The van der Waals surface area contributed by atoms with Crippen molar-refractivity contribution >= 4 is 17.6 Å². The molecular weight excluding hydrogens is 392 g/mol. The first-order valence-corrected chi connectivity index (χ1v) is 10.9. The summed E-state index contributed by atoms with van der Waals surface area (Å²) in [6.45, 7) is 7.31. The number of likely N-dealkylation sites (tertiary alicyclic amines) is 1. The van der Waals surface area contributed by atoms with E-state index in [-0.39, 0.29) is 17.7 Å². The molecule has 1 saturated heterocycles. The van der Waals surface area contributed by atoms with Crippen LogP contribution in [-0.4, -0.2) is 52.5 Å². The lowest BCUT2D eigenvalue weighted by molar-refractivity contribution is -0.152. The van der Waals surface area contributed by atoms with Gasteiger partial charge in [-0.15, -0.1) is 0 Å². The molecule has 0 aliphatic carbocycles. The quantitative estimate of drug-likeness (QED) is 0.740. The fourth-order valence-corrected chi connectivity index (χ4v) is 4.35. The largest absolute Gasteiger partial charge is 0.369 e. The Kier molecular flexibility index (Phi) is 5.79. The third kappa shape index (κ3) is 4.19. The first-order chi connectivity index (χ1) is 14.8. The Balaban J connectivity index is 1.60. The van der Waals surface area contributed by atoms with Crippen molar-refractivity contribution in [3.63, 3.8) is 0 Å². The number of hydrogen-bond donors (Lipinski definition) is 0. The van der Waals surface area contributed by atoms with Gasteiger partial charge in [0.05, 0.1) is 13.0 Å². The van der Waals surface area contributed by atoms with E-state index in [0.717, 1.165) is 41.3 Å². The van der Waals surface area contributed by atoms with Gasteiger partial charge in [0.15, 0.2) is 0 Å². The molecule has 1 aromatic heterocycles. The molecule has 3 heterocycles. The molecule has 2 aliphatic rings. The van der Waals surface area contributed by atoms with Gasteiger partial charge in [0.25, 0.3) is 5.91 Å². The van der Waals surface area contributed by atoms with Crippen LogP contribution in [0.3, 0.4) is 0 Å². The van der Waals surface area contributed by atoms with Gasteiger partial charge < -0.3 is 9.64 Å². The Morgan fingerprint density at radius 2 is 1.97 bits per heavy atom. The Morgan fingerprint density at radius 3 is 2.68 bits per heavy atom. The van der Waals surface area contributed by atoms with Crippen molar-refractivity contribution in [1.29, 1.82) is 0 Å². The highest BCUT2D eigenvalue weighted by Gasteiger charge is 2.37. The molecule has 0 N–H and O–H groups in total. The number of aryl methyl sites for hydroxylation is 1. The highest BCUT2D eigenvalue weighted by molar-refractivity contribution is 6.00. The van der Waals surface area contributed by atoms with Crippen molar-refractivity contribution in [2.45, 2.75) is 58.1 Å². The second-order valence-electron chi connectivity index (χ2n) is 8.92. The minimum atomic E-state index is -0.852. The Morgan fingerprint density at radius 1 is 1.23 bits per heavy atom. The molecule has 0 saturated carbocycles. The maximum Gasteiger partial charge on any atom is 0.254 e. The highest BCUT2D eigenvalue weighted by atomic mass is 16.5. The molecule has 2 amide bonds. The van der Waals surface area contributed by atoms with Crippen molar-refractivity contribution in [1.82, 2.24) is 14.9 Å². The number of fused-ring (bicyclic) bond motifs is 1. The lowest BCUT2D eigenvalue weighted by atomic mass is 9.95. The number of nitrogens with zero attached hydrogens (tertiary/aromatic N) is 4. The van der Waals surface area contributed by atoms with E-state index in [9.17, 15) is 9.59 Å². The first kappa shape index (κ1) is 21.4. The maximum atomic E-state index is 12.9. The molecular formula is C24H30N4O3. The van der Waals surface area contributed by atoms with E-state index in [1.54, 1.807) is 25.9 Å². The highest BCUT2D eigenvalue weighted by Crippen LogP contribution is 2.34. The molecule has 2 aromatic rings. The lowest BCUT2D eigenvalue weighted by Crippen LogP contribution is -2.49. The van der Waals surface area contributed by atoms with Gasteiger partial charge in [0, 0.05) is 37.4 Å². The number of carbonyl (C=O) groups is 2. The number of rotatable bonds is 5. The number of aromatic nitrogens is 2. The van der Waals surface area contributed by atoms with Crippen molar-refractivity contribution < 1.29 is 14.3 Å². The molecule has 7 nitrogen and oxygen atoms in total. The van der Waals surface area contributed by atoms with E-state index in [1.165, 1.54) is 0 Å². The SMILES string of the molecule is COC(C)(C)C(=O)N1CCC[C@@H](c2nc(C)c3c(n2)N(Cc2ccccc2)C(=O)C3)C1. The topological polar surface area (TPSA) is 75.6 Å². The first-order valence-electron chi connectivity index (χ1n) is 10.9. The Labute approximate surface area is 183 Å². The van der Waals surface area contributed by atoms with Crippen LogP contribution in [-0.2, 0) is 27.3 Å². The van der Waals surface area contributed by atoms with Gasteiger partial charge >= 0.3 is 0 Å². The number of hydrogen-bond acceptors (Lipinski definition) is 5. The van der Waals surface area contributed by atoms with Crippen molar-refractivity contribution in [3.05, 3.63) is 53.0 Å². The zero-order valence-corrected chi connectivity index (χ0v) is 18.7. The van der Waals surface area contributed by atoms with Crippen LogP contribution in [0.1, 0.15) is 55.3 Å². The van der Waals surface area contributed by atoms with Crippen molar-refractivity contribution in [2.75, 3.05) is 25.1 Å². The fraction of sp³-hybridized carbons (Fsp3) is 0.500. The van der Waals surface area contributed by atoms with Gasteiger partial charge in [-0.1, -0.05) is 30.3 Å². The lowest BCUT2D eigenvalue weighted by Gasteiger charge is -2.36. The summed E-state index contributed by atoms with van der Waals surface area (Å²) in [5.74, 6) is 1.52. The van der Waals surface area contributed by atoms with Gasteiger partial charge in [0.1, 0.15) is 17.2 Å². The number of anilines is 1. The number of piperidine rings is 1. The van der Waals surface area contributed by atoms with E-state index in [4.69, 9.17) is 14.7 Å². The molecule has 1 fully saturated rings. The third-order valence-electron chi connectivity index (χ3n) is 6.38. The number of methoxy groups -OCH3 is 1. The Hall–Kier alpha value is -2.80. The molecule has 7 heteroatoms. The van der Waals surface area contributed by atoms with Gasteiger partial charge in [-0.3, -0.25) is 14.5 Å². The molecule has 0 radical (unpaired) electrons. The molecule has 4 rings (SSSR count). The third-order valence-corrected chi connectivity index (χ3v) is 6.38. The molecule has 0 spiro atoms. The number of amides is 2. The summed E-state index contributed by atoms with van der Waals surface area (Å²) >= 11 is 0. The monoisotopic (exact) mass is 422 g/mol. The van der Waals surface area contributed by atoms with E-state index in [2.05, 4.69) is 0 Å². The molecule has 0 unspecified atom stereocenters. The summed E-state index contributed by atoms with van der Waals surface area (Å²) in [5, 5.41) is 0. The summed E-state index contributed by atoms with van der Waals surface area (Å²) in [7, 11) is 1.56. The summed E-state index contributed by atoms with van der Waals surface area (Å²) in [4.78, 5) is 38.9. The Bertz CT molecular complexity index is 990. The standard InChI is InChI=1S/C24H30N4O3/c1-16-19-13-20(29)28(14-17-9-6-5-7-10-17)22(19)26-21(25-16)18-11-8-12-27(15-18)23(30)24(2,3)31-4/h5-7,9-10,18H,8,11-15H2,1-4H3/t18-/m1/s1. The molecule has 2 aliphatic heterocycles. The van der Waals surface area contributed by atoms with Gasteiger partial charge in [-0.2, -0.15) is 0 Å². The molecule has 1 aromatic carbocycles. The predicted molar refractivity (Wildman–Crippen MR) is 118 cm³/mol. The van der Waals surface area contributed by atoms with Crippen LogP contribution >= 0.6 is 0 Å². The zero-order valence-electron chi connectivity index (χ0n) is 18.7. The van der Waals surface area contributed by atoms with E-state index < -0.39 is 5.60 Å². The second kappa shape index (κ2) is 8.38. The van der Waals surface area contributed by atoms with Crippen LogP contribution < -0.4 is 4.90 Å². The summed E-state index contributed by atoms with van der Waals surface area (Å²) in [6.07, 6.45) is 2.15. The molecule has 164 valence electrons. The normalized spacial score (nSPS) is 19.0.